The predicted molar refractivity (Wildman–Crippen MR) is 79.9 cm³/mol. The van der Waals surface area contributed by atoms with E-state index >= 15 is 0 Å². The molecular weight excluding hydrogens is 264 g/mol. The first-order chi connectivity index (χ1) is 8.17. The van der Waals surface area contributed by atoms with E-state index < -0.39 is 14.4 Å². The van der Waals surface area contributed by atoms with Crippen LogP contribution in [0.1, 0.15) is 32.4 Å². The number of halogens is 1. The molecule has 1 aromatic rings. The number of rotatable bonds is 4. The Bertz CT molecular complexity index is 382. The van der Waals surface area contributed by atoms with Gasteiger partial charge < -0.3 is 9.53 Å². The fourth-order valence-corrected chi connectivity index (χ4v) is 2.50. The van der Waals surface area contributed by atoms with E-state index in [0.717, 1.165) is 11.3 Å². The molecular formula is C14H23ClO2Si. The van der Waals surface area contributed by atoms with Crippen LogP contribution in [-0.2, 0) is 0 Å². The molecule has 1 aromatic carbocycles. The zero-order valence-electron chi connectivity index (χ0n) is 11.8. The molecule has 0 heterocycles. The Morgan fingerprint density at radius 1 is 1.22 bits per heavy atom. The van der Waals surface area contributed by atoms with Crippen LogP contribution in [0.2, 0.25) is 18.1 Å². The van der Waals surface area contributed by atoms with Crippen molar-refractivity contribution >= 4 is 19.9 Å². The maximum absolute atomic E-state index is 9.62. The summed E-state index contributed by atoms with van der Waals surface area (Å²) in [5.41, 5.74) is 0.826. The summed E-state index contributed by atoms with van der Waals surface area (Å²) >= 11 is 5.62. The van der Waals surface area contributed by atoms with Gasteiger partial charge in [-0.1, -0.05) is 32.9 Å². The Kier molecular flexibility index (Phi) is 4.87. The molecule has 1 N–H and O–H groups in total. The first-order valence-electron chi connectivity index (χ1n) is 6.20. The number of benzene rings is 1. The summed E-state index contributed by atoms with van der Waals surface area (Å²) < 4.78 is 6.16. The summed E-state index contributed by atoms with van der Waals surface area (Å²) in [6.45, 7) is 11.1. The van der Waals surface area contributed by atoms with Crippen LogP contribution in [0.3, 0.4) is 0 Å². The maximum Gasteiger partial charge on any atom is 0.250 e. The van der Waals surface area contributed by atoms with Gasteiger partial charge in [-0.05, 0) is 35.8 Å². The Hall–Kier alpha value is -0.513. The highest BCUT2D eigenvalue weighted by atomic mass is 35.5. The molecule has 18 heavy (non-hydrogen) atoms. The van der Waals surface area contributed by atoms with Gasteiger partial charge in [0, 0.05) is 0 Å². The third-order valence-corrected chi connectivity index (χ3v) is 8.24. The van der Waals surface area contributed by atoms with E-state index in [2.05, 4.69) is 33.9 Å². The number of aliphatic hydroxyl groups excluding tert-OH is 1. The van der Waals surface area contributed by atoms with E-state index in [0.29, 0.717) is 0 Å². The fraction of sp³-hybridized carbons (Fsp3) is 0.571. The Morgan fingerprint density at radius 2 is 1.72 bits per heavy atom. The molecule has 0 aliphatic heterocycles. The van der Waals surface area contributed by atoms with Crippen molar-refractivity contribution in [3.8, 4) is 5.75 Å². The lowest BCUT2D eigenvalue weighted by molar-refractivity contribution is 0.202. The Morgan fingerprint density at radius 3 is 2.11 bits per heavy atom. The second-order valence-electron chi connectivity index (χ2n) is 6.10. The van der Waals surface area contributed by atoms with E-state index in [4.69, 9.17) is 16.0 Å². The van der Waals surface area contributed by atoms with Gasteiger partial charge in [0.2, 0.25) is 8.32 Å². The van der Waals surface area contributed by atoms with Crippen molar-refractivity contribution in [3.05, 3.63) is 29.8 Å². The molecule has 0 fully saturated rings. The highest BCUT2D eigenvalue weighted by Crippen LogP contribution is 2.37. The van der Waals surface area contributed by atoms with Crippen LogP contribution in [0, 0.1) is 0 Å². The van der Waals surface area contributed by atoms with Gasteiger partial charge in [-0.25, -0.2) is 0 Å². The average Bonchev–Trinajstić information content (AvgIpc) is 2.27. The minimum atomic E-state index is -1.79. The van der Waals surface area contributed by atoms with Gasteiger partial charge in [-0.2, -0.15) is 0 Å². The molecule has 4 heteroatoms. The smallest absolute Gasteiger partial charge is 0.250 e. The van der Waals surface area contributed by atoms with Crippen molar-refractivity contribution in [1.82, 2.24) is 0 Å². The third-order valence-electron chi connectivity index (χ3n) is 3.59. The van der Waals surface area contributed by atoms with E-state index in [-0.39, 0.29) is 10.9 Å². The fourth-order valence-electron chi connectivity index (χ4n) is 1.29. The summed E-state index contributed by atoms with van der Waals surface area (Å²) in [4.78, 5) is 0. The van der Waals surface area contributed by atoms with Crippen molar-refractivity contribution in [2.75, 3.05) is 5.88 Å². The SMILES string of the molecule is CC(C)(C)[Si](C)(C)Oc1ccc(C(O)CCl)cc1. The summed E-state index contributed by atoms with van der Waals surface area (Å²) in [5.74, 6) is 1.08. The van der Waals surface area contributed by atoms with Crippen molar-refractivity contribution in [2.24, 2.45) is 0 Å². The molecule has 1 atom stereocenters. The second kappa shape index (κ2) is 5.64. The summed E-state index contributed by atoms with van der Waals surface area (Å²) in [6.07, 6.45) is -0.603. The quantitative estimate of drug-likeness (QED) is 0.659. The lowest BCUT2D eigenvalue weighted by Crippen LogP contribution is -2.43. The maximum atomic E-state index is 9.62. The second-order valence-corrected chi connectivity index (χ2v) is 11.1. The van der Waals surface area contributed by atoms with Crippen molar-refractivity contribution < 1.29 is 9.53 Å². The minimum absolute atomic E-state index is 0.182. The van der Waals surface area contributed by atoms with Crippen molar-refractivity contribution in [2.45, 2.75) is 45.0 Å². The van der Waals surface area contributed by atoms with Crippen molar-refractivity contribution in [3.63, 3.8) is 0 Å². The van der Waals surface area contributed by atoms with Crippen molar-refractivity contribution in [1.29, 1.82) is 0 Å². The largest absolute Gasteiger partial charge is 0.544 e. The van der Waals surface area contributed by atoms with Crippen LogP contribution in [-0.4, -0.2) is 19.3 Å². The highest BCUT2D eigenvalue weighted by Gasteiger charge is 2.38. The first-order valence-corrected chi connectivity index (χ1v) is 9.64. The van der Waals surface area contributed by atoms with Gasteiger partial charge in [0.05, 0.1) is 12.0 Å². The highest BCUT2D eigenvalue weighted by molar-refractivity contribution is 6.74. The van der Waals surface area contributed by atoms with Crippen LogP contribution in [0.5, 0.6) is 5.75 Å². The Labute approximate surface area is 116 Å². The third kappa shape index (κ3) is 3.74. The molecule has 1 unspecified atom stereocenters. The molecule has 0 aromatic heterocycles. The summed E-state index contributed by atoms with van der Waals surface area (Å²) in [6, 6.07) is 7.56. The minimum Gasteiger partial charge on any atom is -0.544 e. The van der Waals surface area contributed by atoms with Crippen LogP contribution in [0.25, 0.3) is 0 Å². The molecule has 0 amide bonds. The number of hydrogen-bond acceptors (Lipinski definition) is 2. The molecule has 1 rings (SSSR count). The predicted octanol–water partition coefficient (Wildman–Crippen LogP) is 4.34. The van der Waals surface area contributed by atoms with Gasteiger partial charge in [-0.3, -0.25) is 0 Å². The monoisotopic (exact) mass is 286 g/mol. The van der Waals surface area contributed by atoms with E-state index in [9.17, 15) is 5.11 Å². The molecule has 0 aliphatic carbocycles. The number of hydrogen-bond donors (Lipinski definition) is 1. The van der Waals surface area contributed by atoms with Crippen LogP contribution in [0.4, 0.5) is 0 Å². The summed E-state index contributed by atoms with van der Waals surface area (Å²) in [7, 11) is -1.79. The van der Waals surface area contributed by atoms with Crippen LogP contribution >= 0.6 is 11.6 Å². The lowest BCUT2D eigenvalue weighted by Gasteiger charge is -2.36. The lowest BCUT2D eigenvalue weighted by atomic mass is 10.1. The van der Waals surface area contributed by atoms with E-state index in [1.807, 2.05) is 24.3 Å². The summed E-state index contributed by atoms with van der Waals surface area (Å²) in [5, 5.41) is 9.80. The number of alkyl halides is 1. The molecule has 0 radical (unpaired) electrons. The topological polar surface area (TPSA) is 29.5 Å². The number of aliphatic hydroxyl groups is 1. The normalized spacial score (nSPS) is 14.4. The van der Waals surface area contributed by atoms with Gasteiger partial charge >= 0.3 is 0 Å². The van der Waals surface area contributed by atoms with E-state index in [1.54, 1.807) is 0 Å². The van der Waals surface area contributed by atoms with Gasteiger partial charge in [0.25, 0.3) is 0 Å². The van der Waals surface area contributed by atoms with E-state index in [1.165, 1.54) is 0 Å². The molecule has 0 aliphatic rings. The van der Waals surface area contributed by atoms with Crippen LogP contribution < -0.4 is 4.43 Å². The van der Waals surface area contributed by atoms with Gasteiger partial charge in [0.15, 0.2) is 0 Å². The molecule has 102 valence electrons. The molecule has 0 saturated heterocycles. The van der Waals surface area contributed by atoms with Crippen LogP contribution in [0.15, 0.2) is 24.3 Å². The standard InChI is InChI=1S/C14H23ClO2Si/c1-14(2,3)18(4,5)17-12-8-6-11(7-9-12)13(16)10-15/h6-9,13,16H,10H2,1-5H3. The Balaban J connectivity index is 2.81. The molecule has 2 nitrogen and oxygen atoms in total. The van der Waals surface area contributed by atoms with Gasteiger partial charge in [0.1, 0.15) is 5.75 Å². The zero-order valence-corrected chi connectivity index (χ0v) is 13.6. The zero-order chi connectivity index (χ0) is 14.0. The van der Waals surface area contributed by atoms with Gasteiger partial charge in [-0.15, -0.1) is 11.6 Å². The molecule has 0 spiro atoms. The first kappa shape index (κ1) is 15.5. The molecule has 0 bridgehead atoms. The molecule has 0 saturated carbocycles. The average molecular weight is 287 g/mol.